The maximum Gasteiger partial charge on any atom is -0.00474 e. The van der Waals surface area contributed by atoms with Gasteiger partial charge in [-0.3, -0.25) is 0 Å². The highest BCUT2D eigenvalue weighted by molar-refractivity contribution is 4.43. The summed E-state index contributed by atoms with van der Waals surface area (Å²) >= 11 is 0. The van der Waals surface area contributed by atoms with Gasteiger partial charge in [0, 0.05) is 0 Å². The molecule has 0 aromatic rings. The van der Waals surface area contributed by atoms with Crippen molar-refractivity contribution in [3.63, 3.8) is 0 Å². The summed E-state index contributed by atoms with van der Waals surface area (Å²) in [5.41, 5.74) is 0. The van der Waals surface area contributed by atoms with Crippen LogP contribution in [0.3, 0.4) is 0 Å². The number of hydrogen-bond acceptors (Lipinski definition) is 1. The average Bonchev–Trinajstić information content (AvgIpc) is 2.08. The summed E-state index contributed by atoms with van der Waals surface area (Å²) in [6.07, 6.45) is 2.71. The molecule has 0 saturated carbocycles. The molecule has 13 heavy (non-hydrogen) atoms. The van der Waals surface area contributed by atoms with E-state index in [-0.39, 0.29) is 0 Å². The van der Waals surface area contributed by atoms with E-state index in [1.807, 2.05) is 0 Å². The highest BCUT2D eigenvalue weighted by Gasteiger charge is 1.89. The zero-order chi connectivity index (χ0) is 10.7. The van der Waals surface area contributed by atoms with Gasteiger partial charge in [-0.2, -0.15) is 0 Å². The Hall–Kier alpha value is -0.0400. The number of nitrogens with zero attached hydrogens (tertiary/aromatic N) is 1. The van der Waals surface area contributed by atoms with Crippen LogP contribution < -0.4 is 0 Å². The summed E-state index contributed by atoms with van der Waals surface area (Å²) in [4.78, 5) is 2.38. The molecule has 1 nitrogen and oxygen atoms in total. The molecule has 0 N–H and O–H groups in total. The summed E-state index contributed by atoms with van der Waals surface area (Å²) in [5.74, 6) is 0.898. The van der Waals surface area contributed by atoms with Crippen LogP contribution >= 0.6 is 0 Å². The minimum Gasteiger partial charge on any atom is -0.304 e. The van der Waals surface area contributed by atoms with E-state index in [9.17, 15) is 0 Å². The van der Waals surface area contributed by atoms with Crippen LogP contribution in [-0.2, 0) is 0 Å². The Morgan fingerprint density at radius 1 is 0.846 bits per heavy atom. The van der Waals surface area contributed by atoms with E-state index in [2.05, 4.69) is 46.4 Å². The lowest BCUT2D eigenvalue weighted by Gasteiger charge is -2.13. The molecule has 0 aromatic carbocycles. The highest BCUT2D eigenvalue weighted by atomic mass is 15.1. The van der Waals surface area contributed by atoms with E-state index in [0.717, 1.165) is 5.92 Å². The quantitative estimate of drug-likeness (QED) is 0.633. The third-order valence-corrected chi connectivity index (χ3v) is 2.21. The highest BCUT2D eigenvalue weighted by Crippen LogP contribution is 2.00. The molecular formula is C12H29N. The van der Waals surface area contributed by atoms with Gasteiger partial charge in [0.15, 0.2) is 0 Å². The third kappa shape index (κ3) is 14.8. The fourth-order valence-electron chi connectivity index (χ4n) is 1.25. The average molecular weight is 187 g/mol. The van der Waals surface area contributed by atoms with E-state index < -0.39 is 0 Å². The van der Waals surface area contributed by atoms with Gasteiger partial charge in [0.05, 0.1) is 0 Å². The molecule has 0 amide bonds. The Morgan fingerprint density at radius 3 is 1.23 bits per heavy atom. The van der Waals surface area contributed by atoms with Crippen LogP contribution in [0.15, 0.2) is 0 Å². The molecule has 0 aliphatic carbocycles. The lowest BCUT2D eigenvalue weighted by molar-refractivity contribution is 0.321. The van der Waals surface area contributed by atoms with Gasteiger partial charge in [0.1, 0.15) is 0 Å². The van der Waals surface area contributed by atoms with Crippen LogP contribution in [0, 0.1) is 5.92 Å². The molecule has 82 valence electrons. The van der Waals surface area contributed by atoms with Gasteiger partial charge < -0.3 is 4.90 Å². The van der Waals surface area contributed by atoms with Gasteiger partial charge >= 0.3 is 0 Å². The van der Waals surface area contributed by atoms with Crippen molar-refractivity contribution in [3.05, 3.63) is 0 Å². The Morgan fingerprint density at radius 2 is 1.23 bits per heavy atom. The van der Waals surface area contributed by atoms with Crippen LogP contribution in [0.4, 0.5) is 0 Å². The SMILES string of the molecule is CCCC(C)C.CCN(CC)CC. The van der Waals surface area contributed by atoms with Gasteiger partial charge in [0.25, 0.3) is 0 Å². The second-order valence-electron chi connectivity index (χ2n) is 3.80. The van der Waals surface area contributed by atoms with Gasteiger partial charge in [-0.1, -0.05) is 54.4 Å². The molecule has 1 heteroatoms. The van der Waals surface area contributed by atoms with E-state index in [1.165, 1.54) is 32.5 Å². The van der Waals surface area contributed by atoms with Crippen molar-refractivity contribution >= 4 is 0 Å². The zero-order valence-electron chi connectivity index (χ0n) is 10.6. The number of hydrogen-bond donors (Lipinski definition) is 0. The molecule has 0 fully saturated rings. The van der Waals surface area contributed by atoms with Crippen molar-refractivity contribution in [2.24, 2.45) is 5.92 Å². The Labute approximate surface area is 85.5 Å². The Kier molecular flexibility index (Phi) is 14.2. The molecule has 0 aromatic heterocycles. The Balaban J connectivity index is 0. The van der Waals surface area contributed by atoms with Crippen molar-refractivity contribution in [3.8, 4) is 0 Å². The van der Waals surface area contributed by atoms with Gasteiger partial charge in [-0.15, -0.1) is 0 Å². The molecular weight excluding hydrogens is 158 g/mol. The molecule has 0 heterocycles. The molecule has 0 bridgehead atoms. The molecule has 0 aliphatic rings. The van der Waals surface area contributed by atoms with Gasteiger partial charge in [-0.05, 0) is 25.6 Å². The first-order chi connectivity index (χ1) is 6.12. The first kappa shape index (κ1) is 15.4. The Bertz CT molecular complexity index is 69.7. The molecule has 0 rings (SSSR count). The lowest BCUT2D eigenvalue weighted by atomic mass is 10.1. The molecule has 0 aliphatic heterocycles. The predicted molar refractivity (Wildman–Crippen MR) is 63.2 cm³/mol. The van der Waals surface area contributed by atoms with Crippen LogP contribution in [-0.4, -0.2) is 24.5 Å². The zero-order valence-corrected chi connectivity index (χ0v) is 10.6. The standard InChI is InChI=1S/C6H15N.C6H14/c1-4-7(5-2)6-3;1-4-5-6(2)3/h4-6H2,1-3H3;6H,4-5H2,1-3H3. The van der Waals surface area contributed by atoms with Crippen molar-refractivity contribution in [2.45, 2.75) is 54.4 Å². The fourth-order valence-corrected chi connectivity index (χ4v) is 1.25. The third-order valence-electron chi connectivity index (χ3n) is 2.21. The summed E-state index contributed by atoms with van der Waals surface area (Å²) in [5, 5.41) is 0. The van der Waals surface area contributed by atoms with Crippen molar-refractivity contribution in [2.75, 3.05) is 19.6 Å². The minimum absolute atomic E-state index is 0.898. The van der Waals surface area contributed by atoms with Gasteiger partial charge in [0.2, 0.25) is 0 Å². The molecule has 0 spiro atoms. The topological polar surface area (TPSA) is 3.24 Å². The maximum absolute atomic E-state index is 2.38. The van der Waals surface area contributed by atoms with Crippen LogP contribution in [0.25, 0.3) is 0 Å². The molecule has 0 atom stereocenters. The van der Waals surface area contributed by atoms with Crippen LogP contribution in [0.2, 0.25) is 0 Å². The fraction of sp³-hybridized carbons (Fsp3) is 1.00. The minimum atomic E-state index is 0.898. The van der Waals surface area contributed by atoms with Crippen LogP contribution in [0.5, 0.6) is 0 Å². The summed E-state index contributed by atoms with van der Waals surface area (Å²) in [7, 11) is 0. The van der Waals surface area contributed by atoms with E-state index in [1.54, 1.807) is 0 Å². The first-order valence-corrected chi connectivity index (χ1v) is 5.84. The molecule has 0 unspecified atom stereocenters. The van der Waals surface area contributed by atoms with E-state index >= 15 is 0 Å². The monoisotopic (exact) mass is 187 g/mol. The van der Waals surface area contributed by atoms with E-state index in [4.69, 9.17) is 0 Å². The predicted octanol–water partition coefficient (Wildman–Crippen LogP) is 3.79. The maximum atomic E-state index is 2.38. The number of rotatable bonds is 5. The lowest BCUT2D eigenvalue weighted by Crippen LogP contribution is -2.21. The van der Waals surface area contributed by atoms with Crippen molar-refractivity contribution in [1.82, 2.24) is 4.90 Å². The summed E-state index contributed by atoms with van der Waals surface area (Å²) < 4.78 is 0. The van der Waals surface area contributed by atoms with E-state index in [0.29, 0.717) is 0 Å². The molecule has 0 saturated heterocycles. The first-order valence-electron chi connectivity index (χ1n) is 5.84. The summed E-state index contributed by atoms with van der Waals surface area (Å²) in [6, 6.07) is 0. The van der Waals surface area contributed by atoms with Gasteiger partial charge in [-0.25, -0.2) is 0 Å². The van der Waals surface area contributed by atoms with Crippen molar-refractivity contribution in [1.29, 1.82) is 0 Å². The largest absolute Gasteiger partial charge is 0.304 e. The normalized spacial score (nSPS) is 10.2. The van der Waals surface area contributed by atoms with Crippen LogP contribution in [0.1, 0.15) is 54.4 Å². The van der Waals surface area contributed by atoms with Crippen molar-refractivity contribution < 1.29 is 0 Å². The molecule has 0 radical (unpaired) electrons. The smallest absolute Gasteiger partial charge is 0.00474 e. The second kappa shape index (κ2) is 12.0. The second-order valence-corrected chi connectivity index (χ2v) is 3.80. The summed E-state index contributed by atoms with van der Waals surface area (Å²) in [6.45, 7) is 16.9.